The molecule has 4 rings (SSSR count). The molecule has 6 heteroatoms. The summed E-state index contributed by atoms with van der Waals surface area (Å²) in [6.45, 7) is 0. The fraction of sp³-hybridized carbons (Fsp3) is 0.231. The predicted octanol–water partition coefficient (Wildman–Crippen LogP) is 4.30. The highest BCUT2D eigenvalue weighted by molar-refractivity contribution is 6.15. The minimum absolute atomic E-state index is 0.0236. The van der Waals surface area contributed by atoms with Gasteiger partial charge in [0.1, 0.15) is 12.2 Å². The Bertz CT molecular complexity index is 1130. The topological polar surface area (TPSA) is 92.1 Å². The third-order valence-corrected chi connectivity index (χ3v) is 5.61. The van der Waals surface area contributed by atoms with E-state index in [1.165, 1.54) is 6.20 Å². The quantitative estimate of drug-likeness (QED) is 0.595. The van der Waals surface area contributed by atoms with Crippen LogP contribution >= 0.6 is 0 Å². The number of amides is 1. The molecule has 0 saturated heterocycles. The summed E-state index contributed by atoms with van der Waals surface area (Å²) in [7, 11) is 0. The number of ketones is 1. The van der Waals surface area contributed by atoms with Gasteiger partial charge in [0.05, 0.1) is 11.1 Å². The van der Waals surface area contributed by atoms with E-state index in [0.29, 0.717) is 28.1 Å². The largest absolute Gasteiger partial charge is 0.474 e. The number of pyridine rings is 1. The van der Waals surface area contributed by atoms with Crippen LogP contribution in [0.3, 0.4) is 0 Å². The minimum Gasteiger partial charge on any atom is -0.474 e. The number of nitrogens with one attached hydrogen (secondary N) is 1. The number of carbonyl (C=O) groups is 2. The summed E-state index contributed by atoms with van der Waals surface area (Å²) in [5, 5.41) is 11.9. The Morgan fingerprint density at radius 3 is 2.25 bits per heavy atom. The van der Waals surface area contributed by atoms with Crippen LogP contribution in [-0.4, -0.2) is 28.8 Å². The van der Waals surface area contributed by atoms with Gasteiger partial charge in [0.15, 0.2) is 5.78 Å². The van der Waals surface area contributed by atoms with Crippen LogP contribution in [0.25, 0.3) is 0 Å². The zero-order valence-corrected chi connectivity index (χ0v) is 17.5. The van der Waals surface area contributed by atoms with Crippen LogP contribution in [-0.2, 0) is 0 Å². The van der Waals surface area contributed by atoms with E-state index in [1.807, 2.05) is 24.3 Å². The van der Waals surface area contributed by atoms with Gasteiger partial charge in [-0.25, -0.2) is 4.98 Å². The van der Waals surface area contributed by atoms with E-state index in [1.54, 1.807) is 48.5 Å². The lowest BCUT2D eigenvalue weighted by Crippen LogP contribution is -2.40. The first kappa shape index (κ1) is 21.3. The highest BCUT2D eigenvalue weighted by Gasteiger charge is 2.26. The molecule has 2 aromatic carbocycles. The van der Waals surface area contributed by atoms with Crippen LogP contribution < -0.4 is 10.1 Å². The normalized spacial score (nSPS) is 17.7. The van der Waals surface area contributed by atoms with Crippen LogP contribution in [0, 0.1) is 11.3 Å². The Morgan fingerprint density at radius 1 is 0.906 bits per heavy atom. The number of nitrogens with zero attached hydrogens (tertiary/aromatic N) is 2. The molecule has 0 spiro atoms. The summed E-state index contributed by atoms with van der Waals surface area (Å²) in [6, 6.07) is 21.3. The summed E-state index contributed by atoms with van der Waals surface area (Å²) in [4.78, 5) is 30.0. The molecule has 6 nitrogen and oxygen atoms in total. The highest BCUT2D eigenvalue weighted by Crippen LogP contribution is 2.24. The number of nitriles is 1. The van der Waals surface area contributed by atoms with Crippen molar-refractivity contribution in [3.8, 4) is 11.9 Å². The number of benzene rings is 2. The molecule has 1 aliphatic rings. The van der Waals surface area contributed by atoms with Crippen molar-refractivity contribution in [2.45, 2.75) is 37.8 Å². The fourth-order valence-corrected chi connectivity index (χ4v) is 3.90. The monoisotopic (exact) mass is 425 g/mol. The van der Waals surface area contributed by atoms with Crippen molar-refractivity contribution in [2.24, 2.45) is 0 Å². The van der Waals surface area contributed by atoms with Crippen molar-refractivity contribution in [1.82, 2.24) is 10.3 Å². The molecular formula is C26H23N3O3. The SMILES string of the molecule is N#Cc1ccc(OC2CCC(NC(=O)c3ccccc3C(=O)c3ccccc3)CC2)nc1. The van der Waals surface area contributed by atoms with Crippen molar-refractivity contribution in [3.63, 3.8) is 0 Å². The van der Waals surface area contributed by atoms with Crippen molar-refractivity contribution in [2.75, 3.05) is 0 Å². The molecule has 1 aromatic heterocycles. The van der Waals surface area contributed by atoms with Crippen molar-refractivity contribution in [3.05, 3.63) is 95.2 Å². The first-order valence-electron chi connectivity index (χ1n) is 10.7. The molecule has 1 heterocycles. The zero-order chi connectivity index (χ0) is 22.3. The molecule has 1 N–H and O–H groups in total. The van der Waals surface area contributed by atoms with Gasteiger partial charge in [0.2, 0.25) is 5.88 Å². The Labute approximate surface area is 186 Å². The van der Waals surface area contributed by atoms with Crippen LogP contribution in [0.4, 0.5) is 0 Å². The summed E-state index contributed by atoms with van der Waals surface area (Å²) in [5.74, 6) is 0.108. The maximum Gasteiger partial charge on any atom is 0.252 e. The van der Waals surface area contributed by atoms with Crippen molar-refractivity contribution < 1.29 is 14.3 Å². The smallest absolute Gasteiger partial charge is 0.252 e. The second-order valence-corrected chi connectivity index (χ2v) is 7.80. The number of rotatable bonds is 6. The van der Waals surface area contributed by atoms with Gasteiger partial charge in [0.25, 0.3) is 5.91 Å². The molecule has 3 aromatic rings. The maximum absolute atomic E-state index is 13.0. The molecule has 32 heavy (non-hydrogen) atoms. The summed E-state index contributed by atoms with van der Waals surface area (Å²) >= 11 is 0. The van der Waals surface area contributed by atoms with E-state index in [4.69, 9.17) is 10.00 Å². The number of aromatic nitrogens is 1. The zero-order valence-electron chi connectivity index (χ0n) is 17.5. The van der Waals surface area contributed by atoms with Gasteiger partial charge in [-0.1, -0.05) is 48.5 Å². The lowest BCUT2D eigenvalue weighted by molar-refractivity contribution is 0.0883. The standard InChI is InChI=1S/C26H23N3O3/c27-16-18-10-15-24(28-17-18)32-21-13-11-20(12-14-21)29-26(31)23-9-5-4-8-22(23)25(30)19-6-2-1-3-7-19/h1-10,15,17,20-21H,11-14H2,(H,29,31). The van der Waals surface area contributed by atoms with E-state index in [-0.39, 0.29) is 23.8 Å². The second kappa shape index (κ2) is 9.88. The Morgan fingerprint density at radius 2 is 1.59 bits per heavy atom. The molecule has 0 unspecified atom stereocenters. The molecule has 0 bridgehead atoms. The lowest BCUT2D eigenvalue weighted by Gasteiger charge is -2.29. The van der Waals surface area contributed by atoms with Crippen molar-refractivity contribution >= 4 is 11.7 Å². The predicted molar refractivity (Wildman–Crippen MR) is 119 cm³/mol. The second-order valence-electron chi connectivity index (χ2n) is 7.80. The van der Waals surface area contributed by atoms with E-state index in [0.717, 1.165) is 25.7 Å². The molecule has 1 fully saturated rings. The molecular weight excluding hydrogens is 402 g/mol. The Kier molecular flexibility index (Phi) is 6.57. The number of hydrogen-bond donors (Lipinski definition) is 1. The Hall–Kier alpha value is -3.98. The van der Waals surface area contributed by atoms with Gasteiger partial charge < -0.3 is 10.1 Å². The third-order valence-electron chi connectivity index (χ3n) is 5.61. The molecule has 1 amide bonds. The van der Waals surface area contributed by atoms with E-state index >= 15 is 0 Å². The number of hydrogen-bond acceptors (Lipinski definition) is 5. The van der Waals surface area contributed by atoms with E-state index in [9.17, 15) is 9.59 Å². The van der Waals surface area contributed by atoms with Gasteiger partial charge in [-0.05, 0) is 37.8 Å². The minimum atomic E-state index is -0.233. The van der Waals surface area contributed by atoms with Crippen LogP contribution in [0.1, 0.15) is 57.5 Å². The molecule has 0 atom stereocenters. The van der Waals surface area contributed by atoms with Gasteiger partial charge in [-0.3, -0.25) is 9.59 Å². The summed E-state index contributed by atoms with van der Waals surface area (Å²) < 4.78 is 5.91. The first-order chi connectivity index (χ1) is 15.6. The van der Waals surface area contributed by atoms with Gasteiger partial charge >= 0.3 is 0 Å². The average Bonchev–Trinajstić information content (AvgIpc) is 2.86. The van der Waals surface area contributed by atoms with Crippen molar-refractivity contribution in [1.29, 1.82) is 5.26 Å². The third kappa shape index (κ3) is 5.01. The average molecular weight is 425 g/mol. The molecule has 1 saturated carbocycles. The van der Waals surface area contributed by atoms with Crippen LogP contribution in [0.2, 0.25) is 0 Å². The van der Waals surface area contributed by atoms with Crippen LogP contribution in [0.5, 0.6) is 5.88 Å². The molecule has 0 aliphatic heterocycles. The Balaban J connectivity index is 1.35. The van der Waals surface area contributed by atoms with E-state index in [2.05, 4.69) is 10.3 Å². The summed E-state index contributed by atoms with van der Waals surface area (Å²) in [5.41, 5.74) is 1.85. The molecule has 1 aliphatic carbocycles. The lowest BCUT2D eigenvalue weighted by atomic mass is 9.92. The number of ether oxygens (including phenoxy) is 1. The molecule has 0 radical (unpaired) electrons. The maximum atomic E-state index is 13.0. The fourth-order valence-electron chi connectivity index (χ4n) is 3.90. The molecule has 160 valence electrons. The van der Waals surface area contributed by atoms with Gasteiger partial charge in [-0.2, -0.15) is 5.26 Å². The first-order valence-corrected chi connectivity index (χ1v) is 10.7. The highest BCUT2D eigenvalue weighted by atomic mass is 16.5. The van der Waals surface area contributed by atoms with Crippen LogP contribution in [0.15, 0.2) is 72.9 Å². The van der Waals surface area contributed by atoms with Gasteiger partial charge in [-0.15, -0.1) is 0 Å². The van der Waals surface area contributed by atoms with Gasteiger partial charge in [0, 0.05) is 29.4 Å². The summed E-state index contributed by atoms with van der Waals surface area (Å²) in [6.07, 6.45) is 4.66. The number of carbonyl (C=O) groups excluding carboxylic acids is 2. The van der Waals surface area contributed by atoms with E-state index < -0.39 is 0 Å².